The molecule has 92 valence electrons. The lowest BCUT2D eigenvalue weighted by atomic mass is 10.2. The molecule has 0 saturated heterocycles. The molecule has 0 unspecified atom stereocenters. The predicted molar refractivity (Wildman–Crippen MR) is 79.9 cm³/mol. The molecule has 0 amide bonds. The van der Waals surface area contributed by atoms with Crippen LogP contribution < -0.4 is 5.73 Å². The van der Waals surface area contributed by atoms with E-state index in [1.165, 1.54) is 9.58 Å². The van der Waals surface area contributed by atoms with Crippen molar-refractivity contribution in [2.75, 3.05) is 5.88 Å². The van der Waals surface area contributed by atoms with Crippen LogP contribution in [0.25, 0.3) is 10.1 Å². The predicted octanol–water partition coefficient (Wildman–Crippen LogP) is 4.46. The van der Waals surface area contributed by atoms with Crippen LogP contribution in [-0.2, 0) is 0 Å². The molecule has 2 N–H and O–H groups in total. The summed E-state index contributed by atoms with van der Waals surface area (Å²) in [5, 5.41) is 1.15. The van der Waals surface area contributed by atoms with Crippen molar-refractivity contribution in [3.63, 3.8) is 0 Å². The smallest absolute Gasteiger partial charge is 0.115 e. The van der Waals surface area contributed by atoms with Gasteiger partial charge in [-0.3, -0.25) is 0 Å². The van der Waals surface area contributed by atoms with E-state index in [2.05, 4.69) is 17.1 Å². The van der Waals surface area contributed by atoms with Crippen LogP contribution in [0.5, 0.6) is 0 Å². The summed E-state index contributed by atoms with van der Waals surface area (Å²) in [6.45, 7) is 6.05. The molecular weight excluding hydrogens is 252 g/mol. The molecule has 0 aliphatic carbocycles. The number of alkyl halides is 1. The maximum Gasteiger partial charge on any atom is 0.115 e. The van der Waals surface area contributed by atoms with Gasteiger partial charge in [-0.2, -0.15) is 0 Å². The van der Waals surface area contributed by atoms with E-state index in [1.807, 2.05) is 32.9 Å². The zero-order valence-corrected chi connectivity index (χ0v) is 11.9. The van der Waals surface area contributed by atoms with Crippen LogP contribution in [0.3, 0.4) is 0 Å². The highest BCUT2D eigenvalue weighted by atomic mass is 35.5. The van der Waals surface area contributed by atoms with Crippen molar-refractivity contribution in [2.24, 2.45) is 10.7 Å². The van der Waals surface area contributed by atoms with E-state index in [1.54, 1.807) is 11.3 Å². The molecular formula is C13H17ClN2S. The molecule has 0 aliphatic rings. The van der Waals surface area contributed by atoms with E-state index in [9.17, 15) is 0 Å². The second-order valence-electron chi connectivity index (χ2n) is 3.24. The Morgan fingerprint density at radius 2 is 2.00 bits per heavy atom. The first-order chi connectivity index (χ1) is 8.22. The number of aliphatic imine (C=N–C) groups is 1. The Balaban J connectivity index is 0.000000686. The number of halogens is 1. The first-order valence-corrected chi connectivity index (χ1v) is 6.94. The highest BCUT2D eigenvalue weighted by molar-refractivity contribution is 7.19. The average Bonchev–Trinajstić information content (AvgIpc) is 2.68. The lowest BCUT2D eigenvalue weighted by molar-refractivity contribution is 1.45. The molecule has 0 spiro atoms. The molecule has 2 nitrogen and oxygen atoms in total. The van der Waals surface area contributed by atoms with Gasteiger partial charge in [0.15, 0.2) is 0 Å². The maximum absolute atomic E-state index is 5.65. The SMILES string of the molecule is CC.Cc1sc2ccccc2c1N=C(N)CCl. The lowest BCUT2D eigenvalue weighted by Gasteiger charge is -1.96. The highest BCUT2D eigenvalue weighted by Gasteiger charge is 2.07. The number of nitrogens with two attached hydrogens (primary N) is 1. The summed E-state index contributed by atoms with van der Waals surface area (Å²) in [7, 11) is 0. The molecule has 2 aromatic rings. The third-order valence-electron chi connectivity index (χ3n) is 2.13. The van der Waals surface area contributed by atoms with E-state index in [-0.39, 0.29) is 5.88 Å². The molecule has 1 heterocycles. The van der Waals surface area contributed by atoms with Gasteiger partial charge >= 0.3 is 0 Å². The minimum Gasteiger partial charge on any atom is -0.386 e. The summed E-state index contributed by atoms with van der Waals surface area (Å²) in [6.07, 6.45) is 0. The Morgan fingerprint density at radius 1 is 1.35 bits per heavy atom. The average molecular weight is 269 g/mol. The number of rotatable bonds is 2. The normalized spacial score (nSPS) is 11.2. The van der Waals surface area contributed by atoms with Crippen molar-refractivity contribution in [3.05, 3.63) is 29.1 Å². The van der Waals surface area contributed by atoms with Crippen LogP contribution in [0.2, 0.25) is 0 Å². The summed E-state index contributed by atoms with van der Waals surface area (Å²) in [6, 6.07) is 8.17. The molecule has 2 rings (SSSR count). The monoisotopic (exact) mass is 268 g/mol. The minimum atomic E-state index is 0.267. The molecule has 0 fully saturated rings. The van der Waals surface area contributed by atoms with Crippen LogP contribution >= 0.6 is 22.9 Å². The Hall–Kier alpha value is -1.06. The van der Waals surface area contributed by atoms with E-state index in [4.69, 9.17) is 17.3 Å². The van der Waals surface area contributed by atoms with Gasteiger partial charge in [-0.1, -0.05) is 32.0 Å². The third kappa shape index (κ3) is 3.20. The van der Waals surface area contributed by atoms with E-state index < -0.39 is 0 Å². The number of nitrogens with zero attached hydrogens (tertiary/aromatic N) is 1. The van der Waals surface area contributed by atoms with Crippen LogP contribution in [0.4, 0.5) is 5.69 Å². The van der Waals surface area contributed by atoms with Gasteiger partial charge in [-0.15, -0.1) is 22.9 Å². The van der Waals surface area contributed by atoms with Crippen molar-refractivity contribution in [1.82, 2.24) is 0 Å². The Labute approximate surface area is 111 Å². The summed E-state index contributed by atoms with van der Waals surface area (Å²) in [5.41, 5.74) is 6.60. The van der Waals surface area contributed by atoms with Crippen LogP contribution in [0.1, 0.15) is 18.7 Å². The van der Waals surface area contributed by atoms with Crippen LogP contribution in [0.15, 0.2) is 29.3 Å². The fourth-order valence-electron chi connectivity index (χ4n) is 1.47. The molecule has 0 radical (unpaired) electrons. The molecule has 0 bridgehead atoms. The lowest BCUT2D eigenvalue weighted by Crippen LogP contribution is -2.12. The number of amidine groups is 1. The molecule has 4 heteroatoms. The van der Waals surface area contributed by atoms with Gasteiger partial charge in [0.2, 0.25) is 0 Å². The van der Waals surface area contributed by atoms with Crippen molar-refractivity contribution in [3.8, 4) is 0 Å². The molecule has 0 saturated carbocycles. The van der Waals surface area contributed by atoms with E-state index in [0.29, 0.717) is 5.84 Å². The molecule has 17 heavy (non-hydrogen) atoms. The molecule has 0 aliphatic heterocycles. The van der Waals surface area contributed by atoms with Crippen LogP contribution in [-0.4, -0.2) is 11.7 Å². The Morgan fingerprint density at radius 3 is 2.65 bits per heavy atom. The van der Waals surface area contributed by atoms with Gasteiger partial charge in [0.1, 0.15) is 5.84 Å². The topological polar surface area (TPSA) is 38.4 Å². The number of benzene rings is 1. The fourth-order valence-corrected chi connectivity index (χ4v) is 2.53. The minimum absolute atomic E-state index is 0.267. The zero-order valence-electron chi connectivity index (χ0n) is 10.3. The first kappa shape index (κ1) is 14.0. The van der Waals surface area contributed by atoms with E-state index >= 15 is 0 Å². The number of thiophene rings is 1. The van der Waals surface area contributed by atoms with Gasteiger partial charge in [0.25, 0.3) is 0 Å². The fraction of sp³-hybridized carbons (Fsp3) is 0.308. The second-order valence-corrected chi connectivity index (χ2v) is 4.76. The van der Waals surface area contributed by atoms with Gasteiger partial charge < -0.3 is 5.73 Å². The standard InChI is InChI=1S/C11H11ClN2S.C2H6/c1-7-11(14-10(13)6-12)8-4-2-3-5-9(8)15-7;1-2/h2-5H,6H2,1H3,(H2,13,14);1-2H3. The Kier molecular flexibility index (Phi) is 5.45. The summed E-state index contributed by atoms with van der Waals surface area (Å²) < 4.78 is 1.23. The van der Waals surface area contributed by atoms with Crippen molar-refractivity contribution >= 4 is 44.5 Å². The summed E-state index contributed by atoms with van der Waals surface area (Å²) in [5.74, 6) is 0.729. The molecule has 1 aromatic heterocycles. The summed E-state index contributed by atoms with van der Waals surface area (Å²) >= 11 is 7.35. The van der Waals surface area contributed by atoms with Gasteiger partial charge in [0.05, 0.1) is 11.6 Å². The van der Waals surface area contributed by atoms with Crippen molar-refractivity contribution in [2.45, 2.75) is 20.8 Å². The van der Waals surface area contributed by atoms with E-state index in [0.717, 1.165) is 11.1 Å². The quantitative estimate of drug-likeness (QED) is 0.487. The second kappa shape index (κ2) is 6.62. The van der Waals surface area contributed by atoms with Gasteiger partial charge in [-0.05, 0) is 13.0 Å². The van der Waals surface area contributed by atoms with Crippen LogP contribution in [0, 0.1) is 6.92 Å². The van der Waals surface area contributed by atoms with Crippen molar-refractivity contribution in [1.29, 1.82) is 0 Å². The third-order valence-corrected chi connectivity index (χ3v) is 3.48. The Bertz CT molecular complexity index is 517. The number of hydrogen-bond donors (Lipinski definition) is 1. The molecule has 0 atom stereocenters. The highest BCUT2D eigenvalue weighted by Crippen LogP contribution is 2.36. The number of fused-ring (bicyclic) bond motifs is 1. The number of aryl methyl sites for hydroxylation is 1. The van der Waals surface area contributed by atoms with Gasteiger partial charge in [-0.25, -0.2) is 4.99 Å². The van der Waals surface area contributed by atoms with Gasteiger partial charge in [0, 0.05) is 15.0 Å². The summed E-state index contributed by atoms with van der Waals surface area (Å²) in [4.78, 5) is 5.51. The largest absolute Gasteiger partial charge is 0.386 e. The maximum atomic E-state index is 5.65. The first-order valence-electron chi connectivity index (χ1n) is 5.59. The number of hydrogen-bond acceptors (Lipinski definition) is 2. The molecule has 1 aromatic carbocycles. The van der Waals surface area contributed by atoms with Crippen molar-refractivity contribution < 1.29 is 0 Å². The zero-order chi connectivity index (χ0) is 12.8.